The molecule has 10 rings (SSSR count). The number of methoxy groups -OCH3 is 1. The first-order valence-electron chi connectivity index (χ1n) is 32.7. The molecule has 0 radical (unpaired) electrons. The molecule has 0 aromatic rings. The summed E-state index contributed by atoms with van der Waals surface area (Å²) in [7, 11) is 1.19. The van der Waals surface area contributed by atoms with Crippen molar-refractivity contribution in [2.45, 2.75) is 279 Å². The summed E-state index contributed by atoms with van der Waals surface area (Å²) in [6.45, 7) is 13.6. The summed E-state index contributed by atoms with van der Waals surface area (Å²) in [5.41, 5.74) is -3.26. The molecule has 4 aliphatic carbocycles. The van der Waals surface area contributed by atoms with E-state index in [4.69, 9.17) is 66.3 Å². The lowest BCUT2D eigenvalue weighted by atomic mass is 9.41. The number of hydrogen-bond donors (Lipinski definition) is 13. The Morgan fingerprint density at radius 3 is 1.83 bits per heavy atom. The summed E-state index contributed by atoms with van der Waals surface area (Å²) in [6, 6.07) is 0. The molecule has 6 saturated heterocycles. The van der Waals surface area contributed by atoms with E-state index in [9.17, 15) is 76.0 Å². The molecule has 93 heavy (non-hydrogen) atoms. The second-order valence-electron chi connectivity index (χ2n) is 29.0. The largest absolute Gasteiger partial charge is 0.462 e. The molecule has 1 spiro atoms. The van der Waals surface area contributed by atoms with E-state index in [1.807, 2.05) is 6.92 Å². The van der Waals surface area contributed by atoms with E-state index in [0.29, 0.717) is 44.9 Å². The van der Waals surface area contributed by atoms with E-state index < -0.39 is 244 Å². The predicted octanol–water partition coefficient (Wildman–Crippen LogP) is -2.79. The summed E-state index contributed by atoms with van der Waals surface area (Å²) in [4.78, 5) is 40.9. The van der Waals surface area contributed by atoms with Crippen molar-refractivity contribution < 1.29 is 147 Å². The molecule has 532 valence electrons. The molecule has 6 aliphatic heterocycles. The zero-order valence-electron chi connectivity index (χ0n) is 54.3. The van der Waals surface area contributed by atoms with Gasteiger partial charge in [-0.1, -0.05) is 53.2 Å². The van der Waals surface area contributed by atoms with Gasteiger partial charge in [-0.15, -0.1) is 0 Å². The van der Waals surface area contributed by atoms with Crippen molar-refractivity contribution in [3.05, 3.63) is 11.6 Å². The third-order valence-electron chi connectivity index (χ3n) is 22.8. The minimum Gasteiger partial charge on any atom is -0.462 e. The summed E-state index contributed by atoms with van der Waals surface area (Å²) in [6.07, 6.45) is -35.2. The fourth-order valence-corrected chi connectivity index (χ4v) is 18.0. The molecule has 30 nitrogen and oxygen atoms in total. The van der Waals surface area contributed by atoms with Crippen LogP contribution in [0.1, 0.15) is 114 Å². The number of aliphatic hydroxyl groups excluding tert-OH is 13. The van der Waals surface area contributed by atoms with Crippen molar-refractivity contribution in [2.24, 2.45) is 45.3 Å². The van der Waals surface area contributed by atoms with E-state index >= 15 is 4.79 Å². The number of cyclic esters (lactones) is 1. The summed E-state index contributed by atoms with van der Waals surface area (Å²) in [5.74, 6) is -2.09. The lowest BCUT2D eigenvalue weighted by Crippen LogP contribution is -2.67. The van der Waals surface area contributed by atoms with Crippen molar-refractivity contribution in [3.8, 4) is 0 Å². The van der Waals surface area contributed by atoms with Gasteiger partial charge < -0.3 is 133 Å². The van der Waals surface area contributed by atoms with E-state index in [2.05, 4.69) is 47.6 Å². The highest BCUT2D eigenvalue weighted by atomic mass is 16.8. The molecule has 33 atom stereocenters. The maximum absolute atomic E-state index is 15.1. The average molecular weight is 1340 g/mol. The van der Waals surface area contributed by atoms with Gasteiger partial charge in [-0.25, -0.2) is 0 Å². The third-order valence-corrected chi connectivity index (χ3v) is 22.8. The lowest BCUT2D eigenvalue weighted by Gasteiger charge is -2.63. The minimum atomic E-state index is -2.10. The van der Waals surface area contributed by atoms with Gasteiger partial charge in [0.05, 0.1) is 50.5 Å². The second-order valence-corrected chi connectivity index (χ2v) is 29.0. The van der Waals surface area contributed by atoms with Gasteiger partial charge in [-0.05, 0) is 92.3 Å². The Labute approximate surface area is 539 Å². The summed E-state index contributed by atoms with van der Waals surface area (Å²) in [5, 5.41) is 143. The van der Waals surface area contributed by atoms with Crippen LogP contribution in [0.3, 0.4) is 0 Å². The van der Waals surface area contributed by atoms with E-state index in [0.717, 1.165) is 0 Å². The van der Waals surface area contributed by atoms with Gasteiger partial charge in [0.2, 0.25) is 0 Å². The predicted molar refractivity (Wildman–Crippen MR) is 310 cm³/mol. The van der Waals surface area contributed by atoms with Crippen LogP contribution in [0.25, 0.3) is 0 Å². The molecule has 10 aliphatic rings. The van der Waals surface area contributed by atoms with Crippen LogP contribution < -0.4 is 0 Å². The first-order valence-corrected chi connectivity index (χ1v) is 32.7. The third kappa shape index (κ3) is 12.8. The molecule has 0 bridgehead atoms. The van der Waals surface area contributed by atoms with E-state index in [1.54, 1.807) is 0 Å². The molecular weight excluding hydrogens is 1240 g/mol. The quantitative estimate of drug-likeness (QED) is 0.0254. The highest BCUT2D eigenvalue weighted by Crippen LogP contribution is 2.76. The molecule has 0 amide bonds. The Hall–Kier alpha value is -2.81. The normalized spacial score (nSPS) is 49.9. The Morgan fingerprint density at radius 2 is 1.19 bits per heavy atom. The molecule has 0 aromatic heterocycles. The minimum absolute atomic E-state index is 0.0915. The van der Waals surface area contributed by atoms with Crippen LogP contribution in [0.2, 0.25) is 0 Å². The van der Waals surface area contributed by atoms with Crippen LogP contribution in [0.15, 0.2) is 11.6 Å². The van der Waals surface area contributed by atoms with Crippen LogP contribution in [-0.2, 0) is 80.7 Å². The number of allylic oxidation sites excluding steroid dienone is 2. The number of rotatable bonds is 20. The number of fused-ring (bicyclic) bond motifs is 4. The summed E-state index contributed by atoms with van der Waals surface area (Å²) >= 11 is 0. The van der Waals surface area contributed by atoms with Crippen LogP contribution in [0, 0.1) is 45.3 Å². The number of hydrogen-bond acceptors (Lipinski definition) is 30. The smallest absolute Gasteiger partial charge is 0.314 e. The molecule has 30 heteroatoms. The topological polar surface area (TPSA) is 443 Å². The molecular formula is C63H100O30. The Morgan fingerprint density at radius 1 is 0.602 bits per heavy atom. The van der Waals surface area contributed by atoms with Crippen LogP contribution in [0.4, 0.5) is 0 Å². The van der Waals surface area contributed by atoms with Crippen molar-refractivity contribution in [2.75, 3.05) is 40.1 Å². The highest BCUT2D eigenvalue weighted by Gasteiger charge is 2.81. The van der Waals surface area contributed by atoms with E-state index in [1.165, 1.54) is 26.5 Å². The number of esters is 3. The molecule has 33 unspecified atom stereocenters. The first-order chi connectivity index (χ1) is 43.8. The van der Waals surface area contributed by atoms with Gasteiger partial charge in [0, 0.05) is 21.0 Å². The average Bonchev–Trinajstić information content (AvgIpc) is 1.51. The monoisotopic (exact) mass is 1340 g/mol. The van der Waals surface area contributed by atoms with Gasteiger partial charge in [-0.2, -0.15) is 0 Å². The number of ether oxygens (including phenoxy) is 14. The molecule has 0 aromatic carbocycles. The standard InChI is InChI=1S/C63H100O30/c1-25(2)11-14-38(84-27(4)68)62(9)52-31(83-26(3)67)19-61(8)29-12-13-36-59(5,6)37(16-17-60(36,7)28(29)15-18-63(52,61)58(79)93-62)89-57-51(41(72)35(24-82-57)88-54-44(75)42(73)39(70)32(20-64)85-54)92-55-45(76)43(74)49(34(22-66)87-55)91-53-46(77)48(30(69)23-81-53)90-56-47(78)50(80-10)40(71)33(21-65)86-56/h15,25,29-57,64-66,69-78H,11-14,16-24H2,1-10H3. The lowest BCUT2D eigenvalue weighted by molar-refractivity contribution is -0.392. The van der Waals surface area contributed by atoms with Crippen molar-refractivity contribution in [3.63, 3.8) is 0 Å². The van der Waals surface area contributed by atoms with Crippen molar-refractivity contribution >= 4 is 17.9 Å². The Bertz CT molecular complexity index is 2630. The van der Waals surface area contributed by atoms with Crippen LogP contribution in [0.5, 0.6) is 0 Å². The maximum atomic E-state index is 15.1. The number of carbonyl (C=O) groups excluding carboxylic acids is 3. The second kappa shape index (κ2) is 28.1. The van der Waals surface area contributed by atoms with Gasteiger partial charge in [0.15, 0.2) is 37.1 Å². The van der Waals surface area contributed by atoms with E-state index in [-0.39, 0.29) is 24.2 Å². The van der Waals surface area contributed by atoms with Crippen LogP contribution in [-0.4, -0.2) is 290 Å². The zero-order valence-corrected chi connectivity index (χ0v) is 54.3. The fraction of sp³-hybridized carbons (Fsp3) is 0.921. The van der Waals surface area contributed by atoms with Gasteiger partial charge in [-0.3, -0.25) is 14.4 Å². The summed E-state index contributed by atoms with van der Waals surface area (Å²) < 4.78 is 84.4. The van der Waals surface area contributed by atoms with Gasteiger partial charge in [0.1, 0.15) is 122 Å². The van der Waals surface area contributed by atoms with Gasteiger partial charge in [0.25, 0.3) is 0 Å². The molecule has 3 saturated carbocycles. The number of carbonyl (C=O) groups is 3. The SMILES string of the molecule is COC1C(O)C(CO)OC(OC2C(O)COC(OC3C(CO)OC(OC4C(OC5CCC6(C)C7=CCC89C(=O)OC(C)(C(CCC(C)C)OC(C)=O)C8C(OC(C)=O)CC9(C)C7CCC6C5(C)C)OCC(OC5OC(CO)C(O)C(O)C5O)C4O)C(O)C3O)C2O)C1O. The first kappa shape index (κ1) is 72.9. The molecule has 6 heterocycles. The zero-order chi connectivity index (χ0) is 67.9. The van der Waals surface area contributed by atoms with Crippen molar-refractivity contribution in [1.82, 2.24) is 0 Å². The fourth-order valence-electron chi connectivity index (χ4n) is 18.0. The maximum Gasteiger partial charge on any atom is 0.314 e. The highest BCUT2D eigenvalue weighted by molar-refractivity contribution is 5.84. The molecule has 13 N–H and O–H groups in total. The van der Waals surface area contributed by atoms with Crippen molar-refractivity contribution in [1.29, 1.82) is 0 Å². The molecule has 9 fully saturated rings. The van der Waals surface area contributed by atoms with Gasteiger partial charge >= 0.3 is 17.9 Å². The number of aliphatic hydroxyl groups is 13. The van der Waals surface area contributed by atoms with Crippen LogP contribution >= 0.6 is 0 Å². The Balaban J connectivity index is 0.887. The Kier molecular flexibility index (Phi) is 22.0.